The molecule has 1 aliphatic carbocycles. The van der Waals surface area contributed by atoms with Gasteiger partial charge in [-0.05, 0) is 36.7 Å². The lowest BCUT2D eigenvalue weighted by atomic mass is 9.68. The molecule has 30 heavy (non-hydrogen) atoms. The maximum Gasteiger partial charge on any atom is 0.222 e. The van der Waals surface area contributed by atoms with Crippen molar-refractivity contribution in [1.82, 2.24) is 24.8 Å². The Morgan fingerprint density at radius 1 is 1.30 bits per heavy atom. The Morgan fingerprint density at radius 3 is 2.97 bits per heavy atom. The second kappa shape index (κ2) is 7.11. The van der Waals surface area contributed by atoms with Gasteiger partial charge >= 0.3 is 0 Å². The van der Waals surface area contributed by atoms with Crippen LogP contribution in [0.25, 0.3) is 22.4 Å². The van der Waals surface area contributed by atoms with Crippen molar-refractivity contribution in [3.63, 3.8) is 0 Å². The van der Waals surface area contributed by atoms with Crippen molar-refractivity contribution in [3.8, 4) is 11.4 Å². The fraction of sp³-hybridized carbons (Fsp3) is 0.455. The second-order valence-corrected chi connectivity index (χ2v) is 8.83. The number of pyridine rings is 1. The van der Waals surface area contributed by atoms with Gasteiger partial charge in [0.25, 0.3) is 0 Å². The average Bonchev–Trinajstić information content (AvgIpc) is 3.24. The van der Waals surface area contributed by atoms with Gasteiger partial charge in [-0.3, -0.25) is 4.79 Å². The lowest BCUT2D eigenvalue weighted by molar-refractivity contribution is -0.126. The molecule has 2 atom stereocenters. The zero-order chi connectivity index (χ0) is 20.9. The molecule has 1 N–H and O–H groups in total. The minimum Gasteiger partial charge on any atom is -0.345 e. The van der Waals surface area contributed by atoms with Crippen molar-refractivity contribution in [1.29, 1.82) is 0 Å². The number of aromatic amines is 1. The minimum atomic E-state index is -0.450. The predicted molar refractivity (Wildman–Crippen MR) is 107 cm³/mol. The number of fused-ring (bicyclic) bond motifs is 1. The number of aromatic nitrogens is 4. The van der Waals surface area contributed by atoms with Crippen molar-refractivity contribution in [2.24, 2.45) is 11.3 Å². The first-order valence-corrected chi connectivity index (χ1v) is 10.3. The predicted octanol–water partition coefficient (Wildman–Crippen LogP) is 3.88. The van der Waals surface area contributed by atoms with Crippen LogP contribution in [0.1, 0.15) is 37.8 Å². The summed E-state index contributed by atoms with van der Waals surface area (Å²) in [5.74, 6) is -0.0496. The second-order valence-electron chi connectivity index (χ2n) is 8.83. The van der Waals surface area contributed by atoms with E-state index in [9.17, 15) is 13.6 Å². The average molecular weight is 411 g/mol. The summed E-state index contributed by atoms with van der Waals surface area (Å²) in [7, 11) is 1.86. The molecule has 1 saturated carbocycles. The summed E-state index contributed by atoms with van der Waals surface area (Å²) in [6.45, 7) is 0.785. The van der Waals surface area contributed by atoms with E-state index in [1.807, 2.05) is 11.9 Å². The number of rotatable bonds is 3. The number of carbonyl (C=O) groups excluding carboxylic acids is 1. The van der Waals surface area contributed by atoms with Crippen molar-refractivity contribution in [2.75, 3.05) is 13.6 Å². The van der Waals surface area contributed by atoms with Crippen LogP contribution in [0.2, 0.25) is 0 Å². The largest absolute Gasteiger partial charge is 0.345 e. The highest BCUT2D eigenvalue weighted by Gasteiger charge is 2.44. The lowest BCUT2D eigenvalue weighted by Gasteiger charge is -2.37. The highest BCUT2D eigenvalue weighted by atomic mass is 19.1. The van der Waals surface area contributed by atoms with Crippen LogP contribution in [0.4, 0.5) is 8.78 Å². The number of H-pyrrole nitrogens is 1. The van der Waals surface area contributed by atoms with Gasteiger partial charge in [-0.15, -0.1) is 0 Å². The van der Waals surface area contributed by atoms with Gasteiger partial charge in [-0.25, -0.2) is 23.7 Å². The molecular weight excluding hydrogens is 388 g/mol. The summed E-state index contributed by atoms with van der Waals surface area (Å²) >= 11 is 0. The normalized spacial score (nSPS) is 24.3. The molecule has 1 spiro atoms. The molecule has 8 heteroatoms. The van der Waals surface area contributed by atoms with E-state index in [0.717, 1.165) is 38.4 Å². The van der Waals surface area contributed by atoms with Crippen LogP contribution >= 0.6 is 0 Å². The van der Waals surface area contributed by atoms with Crippen molar-refractivity contribution >= 4 is 16.9 Å². The van der Waals surface area contributed by atoms with Crippen LogP contribution < -0.4 is 0 Å². The molecule has 2 aliphatic rings. The van der Waals surface area contributed by atoms with Gasteiger partial charge in [-0.1, -0.05) is 12.8 Å². The highest BCUT2D eigenvalue weighted by molar-refractivity contribution is 5.91. The van der Waals surface area contributed by atoms with E-state index in [0.29, 0.717) is 41.0 Å². The van der Waals surface area contributed by atoms with E-state index in [4.69, 9.17) is 0 Å². The minimum absolute atomic E-state index is 0.0150. The molecule has 0 aromatic carbocycles. The third-order valence-corrected chi connectivity index (χ3v) is 6.60. The molecule has 1 saturated heterocycles. The number of nitrogens with one attached hydrogen (secondary N) is 1. The van der Waals surface area contributed by atoms with Gasteiger partial charge in [0.15, 0.2) is 11.6 Å². The van der Waals surface area contributed by atoms with Crippen LogP contribution in [0, 0.1) is 23.0 Å². The van der Waals surface area contributed by atoms with Gasteiger partial charge < -0.3 is 9.88 Å². The van der Waals surface area contributed by atoms with Gasteiger partial charge in [-0.2, -0.15) is 0 Å². The molecule has 4 heterocycles. The molecule has 3 aromatic rings. The van der Waals surface area contributed by atoms with Crippen molar-refractivity contribution < 1.29 is 13.6 Å². The summed E-state index contributed by atoms with van der Waals surface area (Å²) in [5, 5.41) is 0.566. The van der Waals surface area contributed by atoms with Crippen LogP contribution in [-0.4, -0.2) is 44.3 Å². The molecule has 5 rings (SSSR count). The number of amides is 1. The van der Waals surface area contributed by atoms with E-state index in [-0.39, 0.29) is 17.2 Å². The Bertz CT molecular complexity index is 1130. The Kier molecular flexibility index (Phi) is 4.52. The van der Waals surface area contributed by atoms with Gasteiger partial charge in [0.2, 0.25) is 5.91 Å². The summed E-state index contributed by atoms with van der Waals surface area (Å²) in [6.07, 6.45) is 9.10. The molecule has 156 valence electrons. The Morgan fingerprint density at radius 2 is 2.17 bits per heavy atom. The number of halogens is 2. The van der Waals surface area contributed by atoms with Crippen LogP contribution in [0.15, 0.2) is 24.7 Å². The molecule has 1 amide bonds. The maximum absolute atomic E-state index is 14.6. The van der Waals surface area contributed by atoms with Crippen LogP contribution in [-0.2, 0) is 11.2 Å². The van der Waals surface area contributed by atoms with Gasteiger partial charge in [0.1, 0.15) is 11.5 Å². The van der Waals surface area contributed by atoms with Crippen molar-refractivity contribution in [3.05, 3.63) is 42.0 Å². The zero-order valence-corrected chi connectivity index (χ0v) is 16.8. The Balaban J connectivity index is 1.41. The summed E-state index contributed by atoms with van der Waals surface area (Å²) in [4.78, 5) is 29.5. The maximum atomic E-state index is 14.6. The fourth-order valence-corrected chi connectivity index (χ4v) is 5.28. The number of likely N-dealkylation sites (tertiary alicyclic amines) is 1. The molecule has 3 aromatic heterocycles. The van der Waals surface area contributed by atoms with Crippen LogP contribution in [0.3, 0.4) is 0 Å². The summed E-state index contributed by atoms with van der Waals surface area (Å²) < 4.78 is 28.2. The molecule has 6 nitrogen and oxygen atoms in total. The molecular formula is C22H23F2N5O. The van der Waals surface area contributed by atoms with Crippen LogP contribution in [0.5, 0.6) is 0 Å². The lowest BCUT2D eigenvalue weighted by Crippen LogP contribution is -2.32. The first kappa shape index (κ1) is 19.1. The number of nitrogens with zero attached hydrogens (tertiary/aromatic N) is 4. The molecule has 1 aliphatic heterocycles. The van der Waals surface area contributed by atoms with E-state index in [1.54, 1.807) is 6.20 Å². The number of hydrogen-bond donors (Lipinski definition) is 1. The molecule has 0 bridgehead atoms. The number of hydrogen-bond acceptors (Lipinski definition) is 4. The number of carbonyl (C=O) groups is 1. The summed E-state index contributed by atoms with van der Waals surface area (Å²) in [6, 6.07) is 1.37. The smallest absolute Gasteiger partial charge is 0.222 e. The highest BCUT2D eigenvalue weighted by Crippen LogP contribution is 2.46. The molecule has 0 unspecified atom stereocenters. The Hall–Kier alpha value is -2.90. The van der Waals surface area contributed by atoms with E-state index < -0.39 is 11.6 Å². The fourth-order valence-electron chi connectivity index (χ4n) is 5.28. The monoisotopic (exact) mass is 411 g/mol. The topological polar surface area (TPSA) is 74.8 Å². The molecule has 2 fully saturated rings. The third-order valence-electron chi connectivity index (χ3n) is 6.60. The zero-order valence-electron chi connectivity index (χ0n) is 16.8. The Labute approximate surface area is 172 Å². The van der Waals surface area contributed by atoms with Crippen molar-refractivity contribution in [2.45, 2.75) is 38.5 Å². The van der Waals surface area contributed by atoms with E-state index in [2.05, 4.69) is 19.9 Å². The SMILES string of the molecule is CN1C[C@]2(CCC[C@H](Cc3nc(-c4c[nH]c5ncc(F)cc45)ncc3F)C2)CC1=O. The van der Waals surface area contributed by atoms with E-state index in [1.165, 1.54) is 12.3 Å². The standard InChI is InChI=1S/C22H23F2N5O/c1-29-12-22(8-19(29)30)4-2-3-13(7-22)5-18-17(24)11-27-21(28-18)16-10-26-20-15(16)6-14(23)9-25-20/h6,9-11,13H,2-5,7-8,12H2,1H3,(H,25,26)/t13-,22+/m1/s1. The first-order chi connectivity index (χ1) is 14.4. The summed E-state index contributed by atoms with van der Waals surface area (Å²) in [5.41, 5.74) is 1.52. The molecule has 0 radical (unpaired) electrons. The van der Waals surface area contributed by atoms with Gasteiger partial charge in [0.05, 0.1) is 18.1 Å². The van der Waals surface area contributed by atoms with E-state index >= 15 is 0 Å². The first-order valence-electron chi connectivity index (χ1n) is 10.3. The third kappa shape index (κ3) is 3.34. The quantitative estimate of drug-likeness (QED) is 0.710. The van der Waals surface area contributed by atoms with Gasteiger partial charge in [0, 0.05) is 37.2 Å².